The van der Waals surface area contributed by atoms with E-state index in [9.17, 15) is 4.79 Å². The summed E-state index contributed by atoms with van der Waals surface area (Å²) in [6, 6.07) is 0. The molecule has 3 fully saturated rings. The van der Waals surface area contributed by atoms with Crippen LogP contribution < -0.4 is 0 Å². The van der Waals surface area contributed by atoms with Crippen molar-refractivity contribution in [3.8, 4) is 0 Å². The van der Waals surface area contributed by atoms with Crippen LogP contribution >= 0.6 is 0 Å². The van der Waals surface area contributed by atoms with E-state index in [4.69, 9.17) is 9.47 Å². The van der Waals surface area contributed by atoms with E-state index in [1.54, 1.807) is 6.92 Å². The van der Waals surface area contributed by atoms with E-state index in [1.807, 2.05) is 0 Å². The number of rotatable bonds is 13. The predicted molar refractivity (Wildman–Crippen MR) is 142 cm³/mol. The highest BCUT2D eigenvalue weighted by atomic mass is 16.5. The highest BCUT2D eigenvalue weighted by Crippen LogP contribution is 2.45. The number of hydrogen-bond acceptors (Lipinski definition) is 3. The molecule has 3 nitrogen and oxygen atoms in total. The largest absolute Gasteiger partial charge is 0.462 e. The lowest BCUT2D eigenvalue weighted by Gasteiger charge is -2.41. The zero-order valence-electron chi connectivity index (χ0n) is 22.5. The molecule has 0 amide bonds. The van der Waals surface area contributed by atoms with Crippen LogP contribution in [-0.4, -0.2) is 25.3 Å². The van der Waals surface area contributed by atoms with Gasteiger partial charge in [0.2, 0.25) is 0 Å². The van der Waals surface area contributed by atoms with Gasteiger partial charge in [0, 0.05) is 12.2 Å². The quantitative estimate of drug-likeness (QED) is 0.152. The monoisotopic (exact) mass is 474 g/mol. The van der Waals surface area contributed by atoms with Gasteiger partial charge >= 0.3 is 5.97 Å². The predicted octanol–water partition coefficient (Wildman–Crippen LogP) is 8.65. The van der Waals surface area contributed by atoms with Crippen molar-refractivity contribution in [3.63, 3.8) is 0 Å². The van der Waals surface area contributed by atoms with Crippen LogP contribution in [-0.2, 0) is 14.3 Å². The normalized spacial score (nSPS) is 32.3. The Kier molecular flexibility index (Phi) is 12.5. The second-order valence-electron chi connectivity index (χ2n) is 12.0. The Balaban J connectivity index is 1.18. The molecule has 0 aliphatic heterocycles. The van der Waals surface area contributed by atoms with E-state index >= 15 is 0 Å². The van der Waals surface area contributed by atoms with Crippen molar-refractivity contribution < 1.29 is 14.3 Å². The molecule has 3 rings (SSSR count). The average molecular weight is 475 g/mol. The highest BCUT2D eigenvalue weighted by Gasteiger charge is 2.34. The van der Waals surface area contributed by atoms with Crippen molar-refractivity contribution in [2.45, 2.75) is 136 Å². The summed E-state index contributed by atoms with van der Waals surface area (Å²) in [6.45, 7) is 9.06. The number of unbranched alkanes of at least 4 members (excludes halogenated alkanes) is 3. The SMILES string of the molecule is C=C(C)C(=O)OCCCCCCOC1CCC(C2CCC(C3CCC(CCC)CC3)CC2)CC1. The first kappa shape index (κ1) is 27.8. The van der Waals surface area contributed by atoms with Crippen molar-refractivity contribution in [2.75, 3.05) is 13.2 Å². The van der Waals surface area contributed by atoms with Gasteiger partial charge in [-0.15, -0.1) is 0 Å². The molecule has 0 atom stereocenters. The smallest absolute Gasteiger partial charge is 0.333 e. The van der Waals surface area contributed by atoms with Crippen LogP contribution in [0.3, 0.4) is 0 Å². The fraction of sp³-hybridized carbons (Fsp3) is 0.903. The first-order valence-electron chi connectivity index (χ1n) is 15.0. The molecule has 0 aromatic heterocycles. The first-order valence-corrected chi connectivity index (χ1v) is 15.0. The Bertz CT molecular complexity index is 575. The summed E-state index contributed by atoms with van der Waals surface area (Å²) in [7, 11) is 0. The van der Waals surface area contributed by atoms with E-state index in [0.29, 0.717) is 18.3 Å². The van der Waals surface area contributed by atoms with E-state index in [-0.39, 0.29) is 5.97 Å². The molecule has 0 aromatic carbocycles. The number of esters is 1. The second-order valence-corrected chi connectivity index (χ2v) is 12.0. The van der Waals surface area contributed by atoms with Gasteiger partial charge in [-0.05, 0) is 120 Å². The topological polar surface area (TPSA) is 35.5 Å². The van der Waals surface area contributed by atoms with Gasteiger partial charge in [0.05, 0.1) is 12.7 Å². The summed E-state index contributed by atoms with van der Waals surface area (Å²) in [5.41, 5.74) is 0.482. The number of carbonyl (C=O) groups is 1. The molecular weight excluding hydrogens is 420 g/mol. The summed E-state index contributed by atoms with van der Waals surface area (Å²) in [5, 5.41) is 0. The van der Waals surface area contributed by atoms with E-state index in [0.717, 1.165) is 61.9 Å². The van der Waals surface area contributed by atoms with Crippen molar-refractivity contribution in [2.24, 2.45) is 29.6 Å². The van der Waals surface area contributed by atoms with Gasteiger partial charge in [0.15, 0.2) is 0 Å². The molecule has 34 heavy (non-hydrogen) atoms. The van der Waals surface area contributed by atoms with Crippen LogP contribution in [0.1, 0.15) is 129 Å². The number of carbonyl (C=O) groups excluding carboxylic acids is 1. The summed E-state index contributed by atoms with van der Waals surface area (Å²) < 4.78 is 11.4. The molecule has 0 radical (unpaired) electrons. The fourth-order valence-corrected chi connectivity index (χ4v) is 7.27. The minimum atomic E-state index is -0.267. The van der Waals surface area contributed by atoms with Gasteiger partial charge in [-0.3, -0.25) is 0 Å². The first-order chi connectivity index (χ1) is 16.6. The third kappa shape index (κ3) is 9.32. The minimum Gasteiger partial charge on any atom is -0.462 e. The van der Waals surface area contributed by atoms with Crippen molar-refractivity contribution >= 4 is 5.97 Å². The van der Waals surface area contributed by atoms with Gasteiger partial charge < -0.3 is 9.47 Å². The Hall–Kier alpha value is -0.830. The van der Waals surface area contributed by atoms with E-state index in [2.05, 4.69) is 13.5 Å². The van der Waals surface area contributed by atoms with Gasteiger partial charge in [0.25, 0.3) is 0 Å². The van der Waals surface area contributed by atoms with Crippen LogP contribution in [0.4, 0.5) is 0 Å². The fourth-order valence-electron chi connectivity index (χ4n) is 7.27. The van der Waals surface area contributed by atoms with E-state index in [1.165, 1.54) is 89.9 Å². The number of hydrogen-bond donors (Lipinski definition) is 0. The molecule has 3 aliphatic rings. The maximum Gasteiger partial charge on any atom is 0.333 e. The standard InChI is InChI=1S/C31H54O3/c1-4-9-25-10-12-26(13-11-25)27-14-16-28(17-15-27)29-18-20-30(21-19-29)33-22-7-5-6-8-23-34-31(32)24(2)3/h25-30H,2,4-23H2,1,3H3. The van der Waals surface area contributed by atoms with Gasteiger partial charge in [-0.2, -0.15) is 0 Å². The molecular formula is C31H54O3. The van der Waals surface area contributed by atoms with Gasteiger partial charge in [-0.25, -0.2) is 4.79 Å². The molecule has 3 saturated carbocycles. The molecule has 0 heterocycles. The van der Waals surface area contributed by atoms with Crippen LogP contribution in [0.5, 0.6) is 0 Å². The lowest BCUT2D eigenvalue weighted by atomic mass is 9.65. The summed E-state index contributed by atoms with van der Waals surface area (Å²) in [6.07, 6.45) is 25.2. The third-order valence-corrected chi connectivity index (χ3v) is 9.43. The van der Waals surface area contributed by atoms with Crippen molar-refractivity contribution in [3.05, 3.63) is 12.2 Å². The third-order valence-electron chi connectivity index (χ3n) is 9.43. The zero-order chi connectivity index (χ0) is 24.2. The maximum absolute atomic E-state index is 11.3. The van der Waals surface area contributed by atoms with Crippen LogP contribution in [0, 0.1) is 29.6 Å². The molecule has 0 spiro atoms. The average Bonchev–Trinajstić information content (AvgIpc) is 2.86. The van der Waals surface area contributed by atoms with E-state index < -0.39 is 0 Å². The lowest BCUT2D eigenvalue weighted by molar-refractivity contribution is -0.139. The summed E-state index contributed by atoms with van der Waals surface area (Å²) >= 11 is 0. The minimum absolute atomic E-state index is 0.267. The molecule has 0 bridgehead atoms. The molecule has 0 saturated heterocycles. The second kappa shape index (κ2) is 15.3. The Morgan fingerprint density at radius 2 is 1.18 bits per heavy atom. The Morgan fingerprint density at radius 1 is 0.706 bits per heavy atom. The molecule has 0 unspecified atom stereocenters. The van der Waals surface area contributed by atoms with Crippen LogP contribution in [0.15, 0.2) is 12.2 Å². The van der Waals surface area contributed by atoms with Crippen LogP contribution in [0.2, 0.25) is 0 Å². The van der Waals surface area contributed by atoms with Gasteiger partial charge in [-0.1, -0.05) is 45.6 Å². The van der Waals surface area contributed by atoms with Crippen molar-refractivity contribution in [1.82, 2.24) is 0 Å². The molecule has 0 aromatic rings. The zero-order valence-corrected chi connectivity index (χ0v) is 22.5. The molecule has 3 heteroatoms. The molecule has 0 N–H and O–H groups in total. The summed E-state index contributed by atoms with van der Waals surface area (Å²) in [5.74, 6) is 4.88. The summed E-state index contributed by atoms with van der Waals surface area (Å²) in [4.78, 5) is 11.3. The van der Waals surface area contributed by atoms with Crippen molar-refractivity contribution in [1.29, 1.82) is 0 Å². The highest BCUT2D eigenvalue weighted by molar-refractivity contribution is 5.86. The lowest BCUT2D eigenvalue weighted by Crippen LogP contribution is -2.31. The molecule has 3 aliphatic carbocycles. The maximum atomic E-state index is 11.3. The van der Waals surface area contributed by atoms with Crippen LogP contribution in [0.25, 0.3) is 0 Å². The molecule has 196 valence electrons. The number of ether oxygens (including phenoxy) is 2. The van der Waals surface area contributed by atoms with Gasteiger partial charge in [0.1, 0.15) is 0 Å². The Morgan fingerprint density at radius 3 is 1.68 bits per heavy atom. The Labute approximate surface area is 210 Å².